The van der Waals surface area contributed by atoms with E-state index in [0.29, 0.717) is 30.5 Å². The molecule has 0 bridgehead atoms. The molecule has 1 fully saturated rings. The molecule has 0 spiro atoms. The number of sulfonamides is 1. The number of hydrogen-bond acceptors (Lipinski definition) is 4. The van der Waals surface area contributed by atoms with Crippen molar-refractivity contribution in [3.63, 3.8) is 0 Å². The maximum absolute atomic E-state index is 13.1. The van der Waals surface area contributed by atoms with Gasteiger partial charge in [0.15, 0.2) is 5.96 Å². The van der Waals surface area contributed by atoms with Crippen LogP contribution in [0.1, 0.15) is 38.2 Å². The van der Waals surface area contributed by atoms with Crippen molar-refractivity contribution >= 4 is 16.0 Å². The lowest BCUT2D eigenvalue weighted by atomic mass is 10.2. The molecule has 1 aromatic carbocycles. The fourth-order valence-electron chi connectivity index (χ4n) is 3.23. The highest BCUT2D eigenvalue weighted by atomic mass is 32.2. The van der Waals surface area contributed by atoms with E-state index in [-0.39, 0.29) is 0 Å². The van der Waals surface area contributed by atoms with Gasteiger partial charge >= 0.3 is 0 Å². The number of unbranched alkanes of at least 4 members (excludes halogenated alkanes) is 3. The summed E-state index contributed by atoms with van der Waals surface area (Å²) in [5.41, 5.74) is 0.760. The first-order valence-corrected chi connectivity index (χ1v) is 11.6. The van der Waals surface area contributed by atoms with Crippen LogP contribution in [0, 0.1) is 0 Å². The predicted octanol–water partition coefficient (Wildman–Crippen LogP) is 1.87. The minimum Gasteiger partial charge on any atom is -0.356 e. The summed E-state index contributed by atoms with van der Waals surface area (Å²) in [4.78, 5) is 6.77. The highest BCUT2D eigenvalue weighted by Gasteiger charge is 2.29. The van der Waals surface area contributed by atoms with Gasteiger partial charge in [0.2, 0.25) is 10.0 Å². The van der Waals surface area contributed by atoms with Gasteiger partial charge in [-0.15, -0.1) is 0 Å². The minimum absolute atomic E-state index is 0.380. The average Bonchev–Trinajstić information content (AvgIpc) is 2.70. The van der Waals surface area contributed by atoms with Gasteiger partial charge in [-0.3, -0.25) is 4.99 Å². The number of guanidine groups is 1. The molecule has 1 heterocycles. The van der Waals surface area contributed by atoms with Crippen molar-refractivity contribution < 1.29 is 8.42 Å². The Balaban J connectivity index is 1.99. The zero-order valence-electron chi connectivity index (χ0n) is 17.4. The van der Waals surface area contributed by atoms with Gasteiger partial charge in [0.05, 0.1) is 4.90 Å². The molecule has 0 aliphatic carbocycles. The summed E-state index contributed by atoms with van der Waals surface area (Å²) in [7, 11) is 0.255. The molecule has 0 atom stereocenters. The molecule has 1 aromatic rings. The summed E-state index contributed by atoms with van der Waals surface area (Å²) >= 11 is 0. The van der Waals surface area contributed by atoms with Crippen LogP contribution in [0.25, 0.3) is 0 Å². The molecule has 0 aromatic heterocycles. The van der Waals surface area contributed by atoms with E-state index in [9.17, 15) is 8.42 Å². The number of rotatable bonds is 9. The second kappa shape index (κ2) is 11.4. The first-order chi connectivity index (χ1) is 13.5. The Labute approximate surface area is 170 Å². The number of aliphatic imine (C=N–C) groups is 1. The monoisotopic (exact) mass is 409 g/mol. The number of nitrogens with zero attached hydrogens (tertiary/aromatic N) is 3. The molecule has 28 heavy (non-hydrogen) atoms. The van der Waals surface area contributed by atoms with E-state index in [1.54, 1.807) is 23.5 Å². The third-order valence-electron chi connectivity index (χ3n) is 5.05. The Bertz CT molecular complexity index is 728. The second-order valence-electron chi connectivity index (χ2n) is 7.23. The standard InChI is InChI=1S/C20H35N5O2S/c1-4-5-6-9-12-22-20(21-2)23-17-18-10-7-8-11-19(18)28(26,27)25-15-13-24(3)14-16-25/h7-8,10-11H,4-6,9,12-17H2,1-3H3,(H2,21,22,23). The third kappa shape index (κ3) is 6.46. The summed E-state index contributed by atoms with van der Waals surface area (Å²) in [5, 5.41) is 6.55. The minimum atomic E-state index is -3.49. The normalized spacial score (nSPS) is 16.9. The Morgan fingerprint density at radius 1 is 1.07 bits per heavy atom. The molecule has 7 nitrogen and oxygen atoms in total. The maximum Gasteiger partial charge on any atom is 0.243 e. The summed E-state index contributed by atoms with van der Waals surface area (Å²) < 4.78 is 27.9. The lowest BCUT2D eigenvalue weighted by Gasteiger charge is -2.32. The Morgan fingerprint density at radius 2 is 1.79 bits per heavy atom. The smallest absolute Gasteiger partial charge is 0.243 e. The van der Waals surface area contributed by atoms with Crippen molar-refractivity contribution in [3.05, 3.63) is 29.8 Å². The molecule has 0 saturated carbocycles. The van der Waals surface area contributed by atoms with Crippen LogP contribution in [-0.2, 0) is 16.6 Å². The number of nitrogens with one attached hydrogen (secondary N) is 2. The molecule has 158 valence electrons. The Hall–Kier alpha value is -1.64. The van der Waals surface area contributed by atoms with Crippen molar-refractivity contribution in [1.82, 2.24) is 19.8 Å². The summed E-state index contributed by atoms with van der Waals surface area (Å²) in [6.45, 7) is 6.05. The van der Waals surface area contributed by atoms with Crippen LogP contribution in [0.15, 0.2) is 34.2 Å². The lowest BCUT2D eigenvalue weighted by Crippen LogP contribution is -2.47. The van der Waals surface area contributed by atoms with Gasteiger partial charge in [0.1, 0.15) is 0 Å². The van der Waals surface area contributed by atoms with Gasteiger partial charge in [0, 0.05) is 46.3 Å². The summed E-state index contributed by atoms with van der Waals surface area (Å²) in [6, 6.07) is 7.23. The van der Waals surface area contributed by atoms with Gasteiger partial charge in [-0.05, 0) is 25.1 Å². The fourth-order valence-corrected chi connectivity index (χ4v) is 4.87. The van der Waals surface area contributed by atoms with Crippen LogP contribution in [0.4, 0.5) is 0 Å². The fraction of sp³-hybridized carbons (Fsp3) is 0.650. The van der Waals surface area contributed by atoms with Gasteiger partial charge in [-0.1, -0.05) is 44.4 Å². The molecule has 8 heteroatoms. The van der Waals surface area contributed by atoms with E-state index in [1.807, 2.05) is 19.2 Å². The Morgan fingerprint density at radius 3 is 2.46 bits per heavy atom. The second-order valence-corrected chi connectivity index (χ2v) is 9.13. The first-order valence-electron chi connectivity index (χ1n) is 10.2. The van der Waals surface area contributed by atoms with Crippen molar-refractivity contribution in [3.8, 4) is 0 Å². The molecule has 1 aliphatic heterocycles. The number of piperazine rings is 1. The maximum atomic E-state index is 13.1. The molecule has 2 N–H and O–H groups in total. The number of benzene rings is 1. The molecule has 0 unspecified atom stereocenters. The van der Waals surface area contributed by atoms with E-state index < -0.39 is 10.0 Å². The van der Waals surface area contributed by atoms with E-state index in [2.05, 4.69) is 27.4 Å². The molecular weight excluding hydrogens is 374 g/mol. The van der Waals surface area contributed by atoms with Crippen molar-refractivity contribution in [1.29, 1.82) is 0 Å². The SMILES string of the molecule is CCCCCCNC(=NC)NCc1ccccc1S(=O)(=O)N1CCN(C)CC1. The topological polar surface area (TPSA) is 77.0 Å². The zero-order chi connectivity index (χ0) is 20.4. The largest absolute Gasteiger partial charge is 0.356 e. The summed E-state index contributed by atoms with van der Waals surface area (Å²) in [6.07, 6.45) is 4.76. The van der Waals surface area contributed by atoms with Crippen LogP contribution in [0.3, 0.4) is 0 Å². The highest BCUT2D eigenvalue weighted by molar-refractivity contribution is 7.89. The lowest BCUT2D eigenvalue weighted by molar-refractivity contribution is 0.222. The van der Waals surface area contributed by atoms with Crippen LogP contribution < -0.4 is 10.6 Å². The molecular formula is C20H35N5O2S. The number of likely N-dealkylation sites (N-methyl/N-ethyl adjacent to an activating group) is 1. The molecule has 0 amide bonds. The van der Waals surface area contributed by atoms with E-state index in [0.717, 1.165) is 31.6 Å². The quantitative estimate of drug-likeness (QED) is 0.370. The van der Waals surface area contributed by atoms with Crippen molar-refractivity contribution in [2.24, 2.45) is 4.99 Å². The molecule has 2 rings (SSSR count). The third-order valence-corrected chi connectivity index (χ3v) is 7.04. The van der Waals surface area contributed by atoms with E-state index >= 15 is 0 Å². The zero-order valence-corrected chi connectivity index (χ0v) is 18.3. The first kappa shape index (κ1) is 22.6. The van der Waals surface area contributed by atoms with Crippen molar-refractivity contribution in [2.45, 2.75) is 44.0 Å². The summed E-state index contributed by atoms with van der Waals surface area (Å²) in [5.74, 6) is 0.697. The molecule has 0 radical (unpaired) electrons. The molecule has 1 saturated heterocycles. The predicted molar refractivity (Wildman–Crippen MR) is 115 cm³/mol. The van der Waals surface area contributed by atoms with Crippen LogP contribution in [0.5, 0.6) is 0 Å². The van der Waals surface area contributed by atoms with E-state index in [4.69, 9.17) is 0 Å². The van der Waals surface area contributed by atoms with Gasteiger partial charge in [-0.2, -0.15) is 4.31 Å². The van der Waals surface area contributed by atoms with Gasteiger partial charge in [-0.25, -0.2) is 8.42 Å². The Kier molecular flexibility index (Phi) is 9.21. The average molecular weight is 410 g/mol. The van der Waals surface area contributed by atoms with Crippen molar-refractivity contribution in [2.75, 3.05) is 46.8 Å². The van der Waals surface area contributed by atoms with Crippen LogP contribution in [0.2, 0.25) is 0 Å². The van der Waals surface area contributed by atoms with Crippen LogP contribution in [-0.4, -0.2) is 70.4 Å². The van der Waals surface area contributed by atoms with Gasteiger partial charge < -0.3 is 15.5 Å². The number of hydrogen-bond donors (Lipinski definition) is 2. The van der Waals surface area contributed by atoms with Crippen LogP contribution >= 0.6 is 0 Å². The molecule has 1 aliphatic rings. The highest BCUT2D eigenvalue weighted by Crippen LogP contribution is 2.21. The van der Waals surface area contributed by atoms with Gasteiger partial charge in [0.25, 0.3) is 0 Å². The van der Waals surface area contributed by atoms with E-state index in [1.165, 1.54) is 19.3 Å².